The Balaban J connectivity index is 0.00000161. The molecule has 1 aromatic heterocycles. The molecular weight excluding hydrogens is 325 g/mol. The van der Waals surface area contributed by atoms with Crippen molar-refractivity contribution in [3.63, 3.8) is 0 Å². The van der Waals surface area contributed by atoms with Crippen molar-refractivity contribution in [2.45, 2.75) is 31.8 Å². The van der Waals surface area contributed by atoms with Crippen molar-refractivity contribution >= 4 is 40.5 Å². The molecule has 6 heteroatoms. The Labute approximate surface area is 140 Å². The van der Waals surface area contributed by atoms with E-state index >= 15 is 0 Å². The number of thiazole rings is 1. The van der Waals surface area contributed by atoms with Crippen LogP contribution in [0.15, 0.2) is 30.5 Å². The summed E-state index contributed by atoms with van der Waals surface area (Å²) in [4.78, 5) is 7.90. The van der Waals surface area contributed by atoms with Gasteiger partial charge in [0.15, 0.2) is 5.13 Å². The Kier molecular flexibility index (Phi) is 5.88. The van der Waals surface area contributed by atoms with E-state index in [1.807, 2.05) is 18.3 Å². The molecule has 1 atom stereocenters. The van der Waals surface area contributed by atoms with Gasteiger partial charge in [-0.3, -0.25) is 4.90 Å². The fourth-order valence-electron chi connectivity index (χ4n) is 2.85. The van der Waals surface area contributed by atoms with Gasteiger partial charge >= 0.3 is 0 Å². The van der Waals surface area contributed by atoms with Gasteiger partial charge < -0.3 is 5.73 Å². The molecule has 0 radical (unpaired) electrons. The van der Waals surface area contributed by atoms with Crippen molar-refractivity contribution in [2.75, 3.05) is 12.3 Å². The van der Waals surface area contributed by atoms with Crippen molar-refractivity contribution < 1.29 is 0 Å². The second kappa shape index (κ2) is 7.45. The number of hydrogen-bond acceptors (Lipinski definition) is 4. The summed E-state index contributed by atoms with van der Waals surface area (Å²) in [6.45, 7) is 2.09. The van der Waals surface area contributed by atoms with Crippen molar-refractivity contribution in [1.82, 2.24) is 9.88 Å². The molecule has 2 aromatic rings. The first kappa shape index (κ1) is 16.6. The Morgan fingerprint density at radius 3 is 2.90 bits per heavy atom. The Morgan fingerprint density at radius 1 is 1.38 bits per heavy atom. The van der Waals surface area contributed by atoms with Crippen LogP contribution >= 0.6 is 35.3 Å². The fourth-order valence-corrected chi connectivity index (χ4v) is 3.77. The molecule has 114 valence electrons. The number of nitrogens with zero attached hydrogens (tertiary/aromatic N) is 2. The van der Waals surface area contributed by atoms with E-state index in [2.05, 4.69) is 22.0 Å². The van der Waals surface area contributed by atoms with Crippen LogP contribution in [0.3, 0.4) is 0 Å². The van der Waals surface area contributed by atoms with Gasteiger partial charge in [-0.25, -0.2) is 4.98 Å². The average molecular weight is 344 g/mol. The SMILES string of the molecule is Cl.Nc1ncc(CN2CCCC2Cc2ccccc2Cl)s1. The summed E-state index contributed by atoms with van der Waals surface area (Å²) in [5, 5.41) is 1.53. The first-order chi connectivity index (χ1) is 9.72. The largest absolute Gasteiger partial charge is 0.375 e. The van der Waals surface area contributed by atoms with Crippen LogP contribution < -0.4 is 5.73 Å². The lowest BCUT2D eigenvalue weighted by Gasteiger charge is -2.24. The van der Waals surface area contributed by atoms with E-state index in [1.54, 1.807) is 11.3 Å². The predicted octanol–water partition coefficient (Wildman–Crippen LogP) is 4.01. The van der Waals surface area contributed by atoms with Gasteiger partial charge in [0.1, 0.15) is 0 Å². The molecule has 1 aliphatic heterocycles. The van der Waals surface area contributed by atoms with E-state index in [4.69, 9.17) is 17.3 Å². The van der Waals surface area contributed by atoms with Crippen LogP contribution in [0.1, 0.15) is 23.3 Å². The fraction of sp³-hybridized carbons (Fsp3) is 0.400. The molecule has 0 saturated carbocycles. The number of halogens is 2. The molecule has 0 amide bonds. The number of benzene rings is 1. The highest BCUT2D eigenvalue weighted by atomic mass is 35.5. The zero-order chi connectivity index (χ0) is 13.9. The van der Waals surface area contributed by atoms with Crippen molar-refractivity contribution in [2.24, 2.45) is 0 Å². The Hall–Kier alpha value is -0.810. The maximum Gasteiger partial charge on any atom is 0.180 e. The van der Waals surface area contributed by atoms with Gasteiger partial charge in [0.25, 0.3) is 0 Å². The summed E-state index contributed by atoms with van der Waals surface area (Å²) < 4.78 is 0. The molecule has 2 heterocycles. The number of aromatic nitrogens is 1. The van der Waals surface area contributed by atoms with E-state index in [-0.39, 0.29) is 12.4 Å². The number of likely N-dealkylation sites (tertiary alicyclic amines) is 1. The van der Waals surface area contributed by atoms with Gasteiger partial charge in [-0.15, -0.1) is 23.7 Å². The highest BCUT2D eigenvalue weighted by Gasteiger charge is 2.25. The van der Waals surface area contributed by atoms with Gasteiger partial charge in [0.2, 0.25) is 0 Å². The summed E-state index contributed by atoms with van der Waals surface area (Å²) in [6.07, 6.45) is 5.40. The lowest BCUT2D eigenvalue weighted by Crippen LogP contribution is -2.30. The molecule has 0 bridgehead atoms. The summed E-state index contributed by atoms with van der Waals surface area (Å²) in [5.41, 5.74) is 6.95. The molecule has 1 saturated heterocycles. The summed E-state index contributed by atoms with van der Waals surface area (Å²) >= 11 is 7.86. The van der Waals surface area contributed by atoms with Gasteiger partial charge in [0, 0.05) is 28.7 Å². The van der Waals surface area contributed by atoms with Crippen LogP contribution in [-0.4, -0.2) is 22.5 Å². The van der Waals surface area contributed by atoms with E-state index in [0.717, 1.165) is 24.5 Å². The average Bonchev–Trinajstić information content (AvgIpc) is 3.03. The Bertz CT molecular complexity index is 588. The number of nitrogens with two attached hydrogens (primary N) is 1. The second-order valence-electron chi connectivity index (χ2n) is 5.23. The molecule has 1 fully saturated rings. The van der Waals surface area contributed by atoms with Gasteiger partial charge in [-0.1, -0.05) is 29.8 Å². The standard InChI is InChI=1S/C15H18ClN3S.ClH/c16-14-6-2-1-4-11(14)8-12-5-3-7-19(12)10-13-9-18-15(17)20-13;/h1-2,4,6,9,12H,3,5,7-8,10H2,(H2,17,18);1H. The minimum atomic E-state index is 0. The van der Waals surface area contributed by atoms with Crippen molar-refractivity contribution in [3.05, 3.63) is 45.9 Å². The first-order valence-electron chi connectivity index (χ1n) is 6.90. The van der Waals surface area contributed by atoms with Crippen LogP contribution in [0.5, 0.6) is 0 Å². The third-order valence-corrected chi connectivity index (χ3v) is 5.02. The van der Waals surface area contributed by atoms with Crippen LogP contribution in [-0.2, 0) is 13.0 Å². The van der Waals surface area contributed by atoms with E-state index < -0.39 is 0 Å². The van der Waals surface area contributed by atoms with E-state index in [1.165, 1.54) is 23.3 Å². The van der Waals surface area contributed by atoms with E-state index in [0.29, 0.717) is 11.2 Å². The molecule has 1 aromatic carbocycles. The molecule has 0 aliphatic carbocycles. The number of nitrogen functional groups attached to an aromatic ring is 1. The number of anilines is 1. The van der Waals surface area contributed by atoms with Crippen molar-refractivity contribution in [1.29, 1.82) is 0 Å². The minimum Gasteiger partial charge on any atom is -0.375 e. The molecule has 21 heavy (non-hydrogen) atoms. The molecule has 3 rings (SSSR count). The quantitative estimate of drug-likeness (QED) is 0.911. The van der Waals surface area contributed by atoms with Crippen LogP contribution in [0.25, 0.3) is 0 Å². The van der Waals surface area contributed by atoms with Crippen molar-refractivity contribution in [3.8, 4) is 0 Å². The highest BCUT2D eigenvalue weighted by molar-refractivity contribution is 7.15. The smallest absolute Gasteiger partial charge is 0.180 e. The molecular formula is C15H19Cl2N3S. The number of hydrogen-bond donors (Lipinski definition) is 1. The maximum absolute atomic E-state index is 6.27. The van der Waals surface area contributed by atoms with E-state index in [9.17, 15) is 0 Å². The third kappa shape index (κ3) is 4.10. The van der Waals surface area contributed by atoms with Crippen LogP contribution in [0, 0.1) is 0 Å². The highest BCUT2D eigenvalue weighted by Crippen LogP contribution is 2.27. The second-order valence-corrected chi connectivity index (χ2v) is 6.78. The molecule has 0 spiro atoms. The van der Waals surface area contributed by atoms with Crippen LogP contribution in [0.4, 0.5) is 5.13 Å². The van der Waals surface area contributed by atoms with Gasteiger partial charge in [-0.05, 0) is 37.4 Å². The van der Waals surface area contributed by atoms with Crippen LogP contribution in [0.2, 0.25) is 5.02 Å². The maximum atomic E-state index is 6.27. The summed E-state index contributed by atoms with van der Waals surface area (Å²) in [5.74, 6) is 0. The zero-order valence-electron chi connectivity index (χ0n) is 11.7. The predicted molar refractivity (Wildman–Crippen MR) is 92.4 cm³/mol. The Morgan fingerprint density at radius 2 is 2.19 bits per heavy atom. The molecule has 1 aliphatic rings. The van der Waals surface area contributed by atoms with Gasteiger partial charge in [-0.2, -0.15) is 0 Å². The molecule has 1 unspecified atom stereocenters. The lowest BCUT2D eigenvalue weighted by molar-refractivity contribution is 0.246. The molecule has 2 N–H and O–H groups in total. The third-order valence-electron chi connectivity index (χ3n) is 3.84. The minimum absolute atomic E-state index is 0. The first-order valence-corrected chi connectivity index (χ1v) is 8.09. The normalized spacial score (nSPS) is 18.6. The zero-order valence-corrected chi connectivity index (χ0v) is 14.1. The lowest BCUT2D eigenvalue weighted by atomic mass is 10.0. The molecule has 3 nitrogen and oxygen atoms in total. The summed E-state index contributed by atoms with van der Waals surface area (Å²) in [6, 6.07) is 8.71. The van der Waals surface area contributed by atoms with Gasteiger partial charge in [0.05, 0.1) is 0 Å². The topological polar surface area (TPSA) is 42.1 Å². The summed E-state index contributed by atoms with van der Waals surface area (Å²) in [7, 11) is 0. The monoisotopic (exact) mass is 343 g/mol. The number of rotatable bonds is 4.